The van der Waals surface area contributed by atoms with Crippen LogP contribution in [0.25, 0.3) is 0 Å². The van der Waals surface area contributed by atoms with Crippen molar-refractivity contribution in [3.8, 4) is 0 Å². The fraction of sp³-hybridized carbons (Fsp3) is 0.257. The second kappa shape index (κ2) is 14.9. The van der Waals surface area contributed by atoms with Crippen LogP contribution in [0.4, 0.5) is 5.69 Å². The topological polar surface area (TPSA) is 86.8 Å². The van der Waals surface area contributed by atoms with Crippen molar-refractivity contribution in [2.45, 2.75) is 57.1 Å². The minimum atomic E-state index is -4.33. The van der Waals surface area contributed by atoms with Gasteiger partial charge in [-0.3, -0.25) is 13.9 Å². The van der Waals surface area contributed by atoms with Gasteiger partial charge in [0.05, 0.1) is 15.6 Å². The van der Waals surface area contributed by atoms with Crippen molar-refractivity contribution >= 4 is 62.3 Å². The van der Waals surface area contributed by atoms with Gasteiger partial charge in [0, 0.05) is 28.5 Å². The molecule has 0 fully saturated rings. The number of carbonyl (C=O) groups is 2. The van der Waals surface area contributed by atoms with Gasteiger partial charge in [0.2, 0.25) is 11.8 Å². The summed E-state index contributed by atoms with van der Waals surface area (Å²) >= 11 is 19.2. The van der Waals surface area contributed by atoms with E-state index in [4.69, 9.17) is 34.8 Å². The number of halogens is 3. The van der Waals surface area contributed by atoms with Gasteiger partial charge >= 0.3 is 0 Å². The molecule has 0 aliphatic heterocycles. The minimum Gasteiger partial charge on any atom is -0.350 e. The molecule has 1 N–H and O–H groups in total. The summed E-state index contributed by atoms with van der Waals surface area (Å²) < 4.78 is 29.4. The first-order valence-corrected chi connectivity index (χ1v) is 17.2. The first kappa shape index (κ1) is 35.3. The van der Waals surface area contributed by atoms with Crippen LogP contribution < -0.4 is 9.62 Å². The lowest BCUT2D eigenvalue weighted by Crippen LogP contribution is -2.56. The quantitative estimate of drug-likeness (QED) is 0.174. The van der Waals surface area contributed by atoms with E-state index in [9.17, 15) is 18.0 Å². The maximum atomic E-state index is 14.6. The Hall–Kier alpha value is -3.56. The highest BCUT2D eigenvalue weighted by atomic mass is 35.5. The van der Waals surface area contributed by atoms with E-state index in [-0.39, 0.29) is 39.5 Å². The van der Waals surface area contributed by atoms with Crippen LogP contribution in [0.3, 0.4) is 0 Å². The average Bonchev–Trinajstić information content (AvgIpc) is 2.98. The number of nitrogens with zero attached hydrogens (tertiary/aromatic N) is 2. The lowest BCUT2D eigenvalue weighted by atomic mass is 10.0. The molecule has 4 rings (SSSR count). The molecule has 11 heteroatoms. The van der Waals surface area contributed by atoms with Crippen LogP contribution in [0.1, 0.15) is 37.5 Å². The van der Waals surface area contributed by atoms with Crippen molar-refractivity contribution in [1.29, 1.82) is 0 Å². The minimum absolute atomic E-state index is 0.0177. The van der Waals surface area contributed by atoms with Crippen LogP contribution in [0, 0.1) is 6.92 Å². The molecular weight excluding hydrogens is 665 g/mol. The second-order valence-corrected chi connectivity index (χ2v) is 15.2. The molecule has 0 bridgehead atoms. The molecular formula is C35H36Cl3N3O4S. The number of sulfonamides is 1. The summed E-state index contributed by atoms with van der Waals surface area (Å²) in [4.78, 5) is 29.9. The van der Waals surface area contributed by atoms with Gasteiger partial charge in [0.25, 0.3) is 10.0 Å². The summed E-state index contributed by atoms with van der Waals surface area (Å²) in [6.45, 7) is 6.72. The standard InChI is InChI=1S/C35H36Cl3N3O4S/c1-24-13-16-29(17-14-24)46(44,45)41(31-21-28(37)15-18-30(31)38)23-33(42)40(22-26-11-8-12-27(36)19-26)32(34(43)39-35(2,3)4)20-25-9-6-5-7-10-25/h5-19,21,32H,20,22-23H2,1-4H3,(H,39,43)/t32-/m1/s1. The zero-order chi connectivity index (χ0) is 33.6. The molecule has 1 atom stereocenters. The van der Waals surface area contributed by atoms with Crippen LogP contribution in [0.15, 0.2) is 102 Å². The largest absolute Gasteiger partial charge is 0.350 e. The van der Waals surface area contributed by atoms with E-state index in [0.29, 0.717) is 10.6 Å². The number of aryl methyl sites for hydroxylation is 1. The van der Waals surface area contributed by atoms with Gasteiger partial charge in [-0.05, 0) is 81.3 Å². The molecule has 0 aliphatic carbocycles. The van der Waals surface area contributed by atoms with Crippen LogP contribution in [0.5, 0.6) is 0 Å². The highest BCUT2D eigenvalue weighted by molar-refractivity contribution is 7.92. The number of anilines is 1. The summed E-state index contributed by atoms with van der Waals surface area (Å²) in [5.74, 6) is -1.02. The Bertz CT molecular complexity index is 1790. The first-order valence-electron chi connectivity index (χ1n) is 14.6. The SMILES string of the molecule is Cc1ccc(S(=O)(=O)N(CC(=O)N(Cc2cccc(Cl)c2)[C@H](Cc2ccccc2)C(=O)NC(C)(C)C)c2cc(Cl)ccc2Cl)cc1. The Morgan fingerprint density at radius 2 is 1.43 bits per heavy atom. The smallest absolute Gasteiger partial charge is 0.264 e. The number of nitrogens with one attached hydrogen (secondary N) is 1. The van der Waals surface area contributed by atoms with E-state index >= 15 is 0 Å². The van der Waals surface area contributed by atoms with E-state index in [0.717, 1.165) is 15.4 Å². The van der Waals surface area contributed by atoms with Crippen LogP contribution in [-0.4, -0.2) is 43.3 Å². The van der Waals surface area contributed by atoms with Gasteiger partial charge < -0.3 is 10.2 Å². The number of hydrogen-bond donors (Lipinski definition) is 1. The highest BCUT2D eigenvalue weighted by Crippen LogP contribution is 2.33. The maximum Gasteiger partial charge on any atom is 0.264 e. The fourth-order valence-electron chi connectivity index (χ4n) is 4.87. The molecule has 0 radical (unpaired) electrons. The normalized spacial score (nSPS) is 12.3. The molecule has 0 aromatic heterocycles. The summed E-state index contributed by atoms with van der Waals surface area (Å²) in [6.07, 6.45) is 0.178. The zero-order valence-corrected chi connectivity index (χ0v) is 29.1. The number of rotatable bonds is 11. The lowest BCUT2D eigenvalue weighted by molar-refractivity contribution is -0.140. The molecule has 0 saturated carbocycles. The van der Waals surface area contributed by atoms with Crippen LogP contribution in [0.2, 0.25) is 15.1 Å². The lowest BCUT2D eigenvalue weighted by Gasteiger charge is -2.35. The third-order valence-corrected chi connectivity index (χ3v) is 9.64. The maximum absolute atomic E-state index is 14.6. The van der Waals surface area contributed by atoms with Gasteiger partial charge in [-0.25, -0.2) is 8.42 Å². The van der Waals surface area contributed by atoms with E-state index in [1.165, 1.54) is 35.2 Å². The van der Waals surface area contributed by atoms with Crippen LogP contribution in [-0.2, 0) is 32.6 Å². The molecule has 0 spiro atoms. The molecule has 2 amide bonds. The fourth-order valence-corrected chi connectivity index (χ4v) is 6.94. The van der Waals surface area contributed by atoms with Crippen molar-refractivity contribution in [3.63, 3.8) is 0 Å². The van der Waals surface area contributed by atoms with E-state index in [2.05, 4.69) is 5.32 Å². The van der Waals surface area contributed by atoms with Crippen molar-refractivity contribution in [2.24, 2.45) is 0 Å². The zero-order valence-electron chi connectivity index (χ0n) is 26.0. The molecule has 242 valence electrons. The predicted octanol–water partition coefficient (Wildman–Crippen LogP) is 7.71. The molecule has 0 heterocycles. The number of hydrogen-bond acceptors (Lipinski definition) is 4. The molecule has 0 unspecified atom stereocenters. The Morgan fingerprint density at radius 3 is 2.07 bits per heavy atom. The number of benzene rings is 4. The van der Waals surface area contributed by atoms with Gasteiger partial charge in [0.15, 0.2) is 0 Å². The van der Waals surface area contributed by atoms with Gasteiger partial charge in [-0.2, -0.15) is 0 Å². The predicted molar refractivity (Wildman–Crippen MR) is 186 cm³/mol. The Balaban J connectivity index is 1.85. The van der Waals surface area contributed by atoms with Crippen molar-refractivity contribution in [1.82, 2.24) is 10.2 Å². The summed E-state index contributed by atoms with van der Waals surface area (Å²) in [5.41, 5.74) is 1.78. The highest BCUT2D eigenvalue weighted by Gasteiger charge is 2.36. The molecule has 4 aromatic carbocycles. The van der Waals surface area contributed by atoms with Gasteiger partial charge in [0.1, 0.15) is 12.6 Å². The monoisotopic (exact) mass is 699 g/mol. The van der Waals surface area contributed by atoms with Crippen molar-refractivity contribution in [2.75, 3.05) is 10.8 Å². The van der Waals surface area contributed by atoms with E-state index in [1.54, 1.807) is 36.4 Å². The third kappa shape index (κ3) is 9.26. The molecule has 0 saturated heterocycles. The second-order valence-electron chi connectivity index (χ2n) is 12.0. The van der Waals surface area contributed by atoms with Crippen molar-refractivity contribution < 1.29 is 18.0 Å². The van der Waals surface area contributed by atoms with Gasteiger partial charge in [-0.1, -0.05) is 95.0 Å². The van der Waals surface area contributed by atoms with Gasteiger partial charge in [-0.15, -0.1) is 0 Å². The average molecular weight is 701 g/mol. The Labute approximate surface area is 286 Å². The number of amides is 2. The summed E-state index contributed by atoms with van der Waals surface area (Å²) in [6, 6.07) is 26.0. The summed E-state index contributed by atoms with van der Waals surface area (Å²) in [5, 5.41) is 3.78. The number of carbonyl (C=O) groups excluding carboxylic acids is 2. The molecule has 7 nitrogen and oxygen atoms in total. The molecule has 4 aromatic rings. The van der Waals surface area contributed by atoms with E-state index in [1.807, 2.05) is 58.0 Å². The first-order chi connectivity index (χ1) is 21.6. The Kier molecular flexibility index (Phi) is 11.4. The molecule has 0 aliphatic rings. The van der Waals surface area contributed by atoms with E-state index < -0.39 is 34.1 Å². The molecule has 46 heavy (non-hydrogen) atoms. The van der Waals surface area contributed by atoms with Crippen molar-refractivity contribution in [3.05, 3.63) is 129 Å². The third-order valence-electron chi connectivity index (χ3n) is 7.08. The summed E-state index contributed by atoms with van der Waals surface area (Å²) in [7, 11) is -4.33. The van der Waals surface area contributed by atoms with Crippen LogP contribution >= 0.6 is 34.8 Å². The Morgan fingerprint density at radius 1 is 0.804 bits per heavy atom.